The molecule has 0 bridgehead atoms. The minimum Gasteiger partial charge on any atom is -0.481 e. The molecule has 0 aromatic carbocycles. The van der Waals surface area contributed by atoms with Crippen LogP contribution in [0.4, 0.5) is 0 Å². The molecule has 2 aliphatic rings. The van der Waals surface area contributed by atoms with E-state index in [1.165, 1.54) is 0 Å². The summed E-state index contributed by atoms with van der Waals surface area (Å²) in [6.07, 6.45) is 0. The lowest BCUT2D eigenvalue weighted by Crippen LogP contribution is -2.40. The van der Waals surface area contributed by atoms with Crippen molar-refractivity contribution in [2.45, 2.75) is 13.8 Å². The van der Waals surface area contributed by atoms with Crippen molar-refractivity contribution in [3.8, 4) is 0 Å². The number of hydrogen-bond donors (Lipinski definition) is 2. The first-order valence-corrected chi connectivity index (χ1v) is 7.90. The van der Waals surface area contributed by atoms with Crippen molar-refractivity contribution in [1.29, 1.82) is 0 Å². The summed E-state index contributed by atoms with van der Waals surface area (Å²) in [4.78, 5) is 25.3. The first-order chi connectivity index (χ1) is 8.94. The van der Waals surface area contributed by atoms with Gasteiger partial charge in [0.05, 0.1) is 11.8 Å². The second kappa shape index (κ2) is 5.71. The van der Waals surface area contributed by atoms with Gasteiger partial charge in [0.1, 0.15) is 0 Å². The number of carbonyl (C=O) groups is 2. The SMILES string of the molecule is CC1(C)C(C(=O)O)C1C(=O)NCCN1CCSCC1. The number of nitrogens with one attached hydrogen (secondary N) is 1. The Hall–Kier alpha value is -0.750. The van der Waals surface area contributed by atoms with Crippen LogP contribution in [0.25, 0.3) is 0 Å². The highest BCUT2D eigenvalue weighted by molar-refractivity contribution is 7.99. The Bertz CT molecular complexity index is 367. The molecule has 0 aromatic heterocycles. The highest BCUT2D eigenvalue weighted by atomic mass is 32.2. The Morgan fingerprint density at radius 1 is 1.32 bits per heavy atom. The molecule has 1 saturated carbocycles. The predicted molar refractivity (Wildman–Crippen MR) is 75.2 cm³/mol. The fourth-order valence-corrected chi connectivity index (χ4v) is 3.84. The first kappa shape index (κ1) is 14.7. The molecule has 0 radical (unpaired) electrons. The lowest BCUT2D eigenvalue weighted by molar-refractivity contribution is -0.140. The second-order valence-corrected chi connectivity index (χ2v) is 7.08. The van der Waals surface area contributed by atoms with Crippen LogP contribution in [0.3, 0.4) is 0 Å². The molecule has 2 N–H and O–H groups in total. The van der Waals surface area contributed by atoms with Crippen molar-refractivity contribution >= 4 is 23.6 Å². The summed E-state index contributed by atoms with van der Waals surface area (Å²) in [7, 11) is 0. The van der Waals surface area contributed by atoms with Gasteiger partial charge in [0.15, 0.2) is 0 Å². The Morgan fingerprint density at radius 2 is 1.95 bits per heavy atom. The Labute approximate surface area is 118 Å². The zero-order chi connectivity index (χ0) is 14.0. The highest BCUT2D eigenvalue weighted by Gasteiger charge is 2.65. The fourth-order valence-electron chi connectivity index (χ4n) is 2.86. The minimum atomic E-state index is -0.863. The standard InChI is InChI=1S/C13H22N2O3S/c1-13(2)9(10(13)12(17)18)11(16)14-3-4-15-5-7-19-8-6-15/h9-10H,3-8H2,1-2H3,(H,14,16)(H,17,18). The Balaban J connectivity index is 1.72. The van der Waals surface area contributed by atoms with Crippen LogP contribution >= 0.6 is 11.8 Å². The van der Waals surface area contributed by atoms with Crippen LogP contribution in [0.2, 0.25) is 0 Å². The summed E-state index contributed by atoms with van der Waals surface area (Å²) in [5, 5.41) is 11.9. The molecule has 1 aliphatic carbocycles. The summed E-state index contributed by atoms with van der Waals surface area (Å²) >= 11 is 1.96. The lowest BCUT2D eigenvalue weighted by Gasteiger charge is -2.26. The van der Waals surface area contributed by atoms with Crippen molar-refractivity contribution in [2.75, 3.05) is 37.7 Å². The second-order valence-electron chi connectivity index (χ2n) is 5.86. The van der Waals surface area contributed by atoms with Crippen LogP contribution in [0.15, 0.2) is 0 Å². The summed E-state index contributed by atoms with van der Waals surface area (Å²) in [6.45, 7) is 7.32. The van der Waals surface area contributed by atoms with Gasteiger partial charge in [0, 0.05) is 37.7 Å². The molecular formula is C13H22N2O3S. The van der Waals surface area contributed by atoms with Crippen molar-refractivity contribution < 1.29 is 14.7 Å². The van der Waals surface area contributed by atoms with Gasteiger partial charge in [0.2, 0.25) is 5.91 Å². The van der Waals surface area contributed by atoms with Gasteiger partial charge in [-0.15, -0.1) is 0 Å². The molecular weight excluding hydrogens is 264 g/mol. The van der Waals surface area contributed by atoms with Crippen LogP contribution in [-0.4, -0.2) is 59.6 Å². The van der Waals surface area contributed by atoms with E-state index in [4.69, 9.17) is 5.11 Å². The van der Waals surface area contributed by atoms with Gasteiger partial charge in [-0.05, 0) is 5.41 Å². The van der Waals surface area contributed by atoms with E-state index in [0.29, 0.717) is 6.54 Å². The maximum absolute atomic E-state index is 12.0. The minimum absolute atomic E-state index is 0.108. The molecule has 2 rings (SSSR count). The molecule has 0 spiro atoms. The van der Waals surface area contributed by atoms with Crippen LogP contribution in [0.5, 0.6) is 0 Å². The van der Waals surface area contributed by atoms with Gasteiger partial charge < -0.3 is 10.4 Å². The largest absolute Gasteiger partial charge is 0.481 e. The van der Waals surface area contributed by atoms with Crippen LogP contribution in [-0.2, 0) is 9.59 Å². The fraction of sp³-hybridized carbons (Fsp3) is 0.846. The zero-order valence-corrected chi connectivity index (χ0v) is 12.3. The van der Waals surface area contributed by atoms with Crippen molar-refractivity contribution in [1.82, 2.24) is 10.2 Å². The van der Waals surface area contributed by atoms with E-state index in [9.17, 15) is 9.59 Å². The first-order valence-electron chi connectivity index (χ1n) is 6.75. The molecule has 2 atom stereocenters. The quantitative estimate of drug-likeness (QED) is 0.770. The van der Waals surface area contributed by atoms with E-state index in [0.717, 1.165) is 31.1 Å². The van der Waals surface area contributed by atoms with Crippen molar-refractivity contribution in [2.24, 2.45) is 17.3 Å². The predicted octanol–water partition coefficient (Wildman–Crippen LogP) is 0.508. The number of rotatable bonds is 5. The number of aliphatic carboxylic acids is 1. The average Bonchev–Trinajstić information content (AvgIpc) is 2.94. The van der Waals surface area contributed by atoms with Crippen molar-refractivity contribution in [3.63, 3.8) is 0 Å². The molecule has 6 heteroatoms. The highest BCUT2D eigenvalue weighted by Crippen LogP contribution is 2.58. The van der Waals surface area contributed by atoms with Crippen LogP contribution in [0.1, 0.15) is 13.8 Å². The number of hydrogen-bond acceptors (Lipinski definition) is 4. The van der Waals surface area contributed by atoms with E-state index in [1.54, 1.807) is 0 Å². The maximum Gasteiger partial charge on any atom is 0.307 e. The summed E-state index contributed by atoms with van der Waals surface area (Å²) in [6, 6.07) is 0. The Morgan fingerprint density at radius 3 is 2.47 bits per heavy atom. The van der Waals surface area contributed by atoms with Gasteiger partial charge in [-0.2, -0.15) is 11.8 Å². The molecule has 2 fully saturated rings. The molecule has 1 amide bonds. The van der Waals surface area contributed by atoms with Gasteiger partial charge in [0.25, 0.3) is 0 Å². The average molecular weight is 286 g/mol. The zero-order valence-electron chi connectivity index (χ0n) is 11.5. The van der Waals surface area contributed by atoms with E-state index in [2.05, 4.69) is 10.2 Å². The van der Waals surface area contributed by atoms with Gasteiger partial charge in [-0.1, -0.05) is 13.8 Å². The molecule has 108 valence electrons. The molecule has 0 aromatic rings. The number of carbonyl (C=O) groups excluding carboxylic acids is 1. The van der Waals surface area contributed by atoms with Gasteiger partial charge in [-0.25, -0.2) is 0 Å². The normalized spacial score (nSPS) is 29.8. The topological polar surface area (TPSA) is 69.6 Å². The Kier molecular flexibility index (Phi) is 4.40. The maximum atomic E-state index is 12.0. The van der Waals surface area contributed by atoms with E-state index < -0.39 is 17.3 Å². The summed E-state index contributed by atoms with van der Waals surface area (Å²) in [5.41, 5.74) is -0.405. The monoisotopic (exact) mass is 286 g/mol. The van der Waals surface area contributed by atoms with Crippen LogP contribution < -0.4 is 5.32 Å². The van der Waals surface area contributed by atoms with Gasteiger partial charge >= 0.3 is 5.97 Å². The number of thioether (sulfide) groups is 1. The number of carboxylic acids is 1. The molecule has 5 nitrogen and oxygen atoms in total. The summed E-state index contributed by atoms with van der Waals surface area (Å²) < 4.78 is 0. The van der Waals surface area contributed by atoms with Crippen LogP contribution in [0, 0.1) is 17.3 Å². The number of amides is 1. The smallest absolute Gasteiger partial charge is 0.307 e. The molecule has 2 unspecified atom stereocenters. The lowest BCUT2D eigenvalue weighted by atomic mass is 10.1. The number of carboxylic acid groups (broad SMARTS) is 1. The third-order valence-electron chi connectivity index (χ3n) is 4.21. The van der Waals surface area contributed by atoms with E-state index in [1.807, 2.05) is 25.6 Å². The van der Waals surface area contributed by atoms with Gasteiger partial charge in [-0.3, -0.25) is 14.5 Å². The molecule has 19 heavy (non-hydrogen) atoms. The van der Waals surface area contributed by atoms with E-state index in [-0.39, 0.29) is 11.8 Å². The van der Waals surface area contributed by atoms with Crippen molar-refractivity contribution in [3.05, 3.63) is 0 Å². The molecule has 1 saturated heterocycles. The van der Waals surface area contributed by atoms with E-state index >= 15 is 0 Å². The molecule has 1 heterocycles. The summed E-state index contributed by atoms with van der Waals surface area (Å²) in [5.74, 6) is 0.442. The third kappa shape index (κ3) is 3.23. The number of nitrogens with zero attached hydrogens (tertiary/aromatic N) is 1. The third-order valence-corrected chi connectivity index (χ3v) is 5.15. The molecule has 1 aliphatic heterocycles.